The zero-order chi connectivity index (χ0) is 13.0. The van der Waals surface area contributed by atoms with Gasteiger partial charge in [-0.3, -0.25) is 0 Å². The van der Waals surface area contributed by atoms with Gasteiger partial charge in [-0.05, 0) is 12.5 Å². The molecule has 0 bridgehead atoms. The van der Waals surface area contributed by atoms with Gasteiger partial charge in [0.25, 0.3) is 0 Å². The van der Waals surface area contributed by atoms with Crippen LogP contribution in [0.1, 0.15) is 12.0 Å². The standard InChI is InChI=1S/C13H18N2O3/c1-17-12-5-3-2-4-10(12)9-18-13(16)15-7-6-11(14)8-15/h2-5,11H,6-9,14H2,1H3. The molecular formula is C13H18N2O3. The largest absolute Gasteiger partial charge is 0.496 e. The van der Waals surface area contributed by atoms with Crippen molar-refractivity contribution in [1.29, 1.82) is 0 Å². The van der Waals surface area contributed by atoms with Crippen LogP contribution < -0.4 is 10.5 Å². The van der Waals surface area contributed by atoms with Crippen molar-refractivity contribution in [2.45, 2.75) is 19.1 Å². The molecule has 5 nitrogen and oxygen atoms in total. The topological polar surface area (TPSA) is 64.8 Å². The number of nitrogens with zero attached hydrogens (tertiary/aromatic N) is 1. The van der Waals surface area contributed by atoms with Crippen LogP contribution in [0.2, 0.25) is 0 Å². The highest BCUT2D eigenvalue weighted by Gasteiger charge is 2.24. The van der Waals surface area contributed by atoms with Crippen molar-refractivity contribution in [2.75, 3.05) is 20.2 Å². The quantitative estimate of drug-likeness (QED) is 0.879. The summed E-state index contributed by atoms with van der Waals surface area (Å²) in [6, 6.07) is 7.56. The van der Waals surface area contributed by atoms with E-state index < -0.39 is 0 Å². The third-order valence-corrected chi connectivity index (χ3v) is 3.03. The Bertz CT molecular complexity index is 422. The van der Waals surface area contributed by atoms with Crippen LogP contribution in [0.3, 0.4) is 0 Å². The first-order chi connectivity index (χ1) is 8.70. The summed E-state index contributed by atoms with van der Waals surface area (Å²) in [7, 11) is 1.60. The molecule has 0 spiro atoms. The zero-order valence-corrected chi connectivity index (χ0v) is 10.5. The Morgan fingerprint density at radius 2 is 2.28 bits per heavy atom. The van der Waals surface area contributed by atoms with E-state index in [0.29, 0.717) is 13.1 Å². The van der Waals surface area contributed by atoms with Crippen molar-refractivity contribution >= 4 is 6.09 Å². The Hall–Kier alpha value is -1.75. The lowest BCUT2D eigenvalue weighted by Gasteiger charge is -2.16. The van der Waals surface area contributed by atoms with Gasteiger partial charge in [0.05, 0.1) is 7.11 Å². The highest BCUT2D eigenvalue weighted by Crippen LogP contribution is 2.19. The van der Waals surface area contributed by atoms with E-state index in [2.05, 4.69) is 0 Å². The first-order valence-corrected chi connectivity index (χ1v) is 6.00. The number of rotatable bonds is 3. The fourth-order valence-electron chi connectivity index (χ4n) is 2.01. The van der Waals surface area contributed by atoms with Gasteiger partial charge in [0.2, 0.25) is 0 Å². The molecule has 1 aliphatic rings. The van der Waals surface area contributed by atoms with Gasteiger partial charge in [-0.15, -0.1) is 0 Å². The van der Waals surface area contributed by atoms with Crippen LogP contribution in [0.15, 0.2) is 24.3 Å². The van der Waals surface area contributed by atoms with Crippen LogP contribution in [-0.2, 0) is 11.3 Å². The van der Waals surface area contributed by atoms with Gasteiger partial charge in [-0.2, -0.15) is 0 Å². The first-order valence-electron chi connectivity index (χ1n) is 6.00. The fraction of sp³-hybridized carbons (Fsp3) is 0.462. The maximum absolute atomic E-state index is 11.8. The van der Waals surface area contributed by atoms with Gasteiger partial charge in [0, 0.05) is 24.7 Å². The summed E-state index contributed by atoms with van der Waals surface area (Å²) in [5.41, 5.74) is 6.60. The minimum Gasteiger partial charge on any atom is -0.496 e. The molecule has 1 saturated heterocycles. The SMILES string of the molecule is COc1ccccc1COC(=O)N1CCC(N)C1. The molecule has 1 heterocycles. The molecular weight excluding hydrogens is 232 g/mol. The maximum Gasteiger partial charge on any atom is 0.410 e. The van der Waals surface area contributed by atoms with Gasteiger partial charge in [-0.1, -0.05) is 18.2 Å². The van der Waals surface area contributed by atoms with Crippen LogP contribution in [0, 0.1) is 0 Å². The number of hydrogen-bond acceptors (Lipinski definition) is 4. The van der Waals surface area contributed by atoms with Crippen LogP contribution in [-0.4, -0.2) is 37.2 Å². The fourth-order valence-corrected chi connectivity index (χ4v) is 2.01. The molecule has 1 unspecified atom stereocenters. The molecule has 0 radical (unpaired) electrons. The summed E-state index contributed by atoms with van der Waals surface area (Å²) in [5.74, 6) is 0.725. The van der Waals surface area contributed by atoms with Crippen molar-refractivity contribution in [3.8, 4) is 5.75 Å². The molecule has 1 aromatic rings. The van der Waals surface area contributed by atoms with Gasteiger partial charge in [-0.25, -0.2) is 4.79 Å². The second-order valence-corrected chi connectivity index (χ2v) is 4.36. The number of amides is 1. The molecule has 0 aliphatic carbocycles. The van der Waals surface area contributed by atoms with Crippen LogP contribution in [0.5, 0.6) is 5.75 Å². The Balaban J connectivity index is 1.89. The minimum absolute atomic E-state index is 0.0730. The number of methoxy groups -OCH3 is 1. The van der Waals surface area contributed by atoms with Crippen molar-refractivity contribution < 1.29 is 14.3 Å². The number of carbonyl (C=O) groups excluding carboxylic acids is 1. The Morgan fingerprint density at radius 3 is 2.94 bits per heavy atom. The molecule has 1 amide bonds. The van der Waals surface area contributed by atoms with E-state index in [-0.39, 0.29) is 18.7 Å². The first kappa shape index (κ1) is 12.7. The van der Waals surface area contributed by atoms with E-state index in [1.807, 2.05) is 24.3 Å². The van der Waals surface area contributed by atoms with E-state index in [0.717, 1.165) is 17.7 Å². The van der Waals surface area contributed by atoms with Crippen molar-refractivity contribution in [3.05, 3.63) is 29.8 Å². The number of para-hydroxylation sites is 1. The van der Waals surface area contributed by atoms with Crippen molar-refractivity contribution in [3.63, 3.8) is 0 Å². The normalized spacial score (nSPS) is 18.8. The molecule has 98 valence electrons. The molecule has 1 aliphatic heterocycles. The van der Waals surface area contributed by atoms with Crippen LogP contribution in [0.25, 0.3) is 0 Å². The Labute approximate surface area is 106 Å². The number of likely N-dealkylation sites (tertiary alicyclic amines) is 1. The number of benzene rings is 1. The highest BCUT2D eigenvalue weighted by atomic mass is 16.6. The predicted molar refractivity (Wildman–Crippen MR) is 67.3 cm³/mol. The van der Waals surface area contributed by atoms with E-state index in [1.54, 1.807) is 12.0 Å². The minimum atomic E-state index is -0.311. The average Bonchev–Trinajstić information content (AvgIpc) is 2.83. The summed E-state index contributed by atoms with van der Waals surface area (Å²) >= 11 is 0. The van der Waals surface area contributed by atoms with E-state index in [1.165, 1.54) is 0 Å². The van der Waals surface area contributed by atoms with Gasteiger partial charge >= 0.3 is 6.09 Å². The Morgan fingerprint density at radius 1 is 1.50 bits per heavy atom. The molecule has 1 fully saturated rings. The lowest BCUT2D eigenvalue weighted by molar-refractivity contribution is 0.103. The molecule has 0 aromatic heterocycles. The highest BCUT2D eigenvalue weighted by molar-refractivity contribution is 5.68. The summed E-state index contributed by atoms with van der Waals surface area (Å²) in [6.45, 7) is 1.46. The lowest BCUT2D eigenvalue weighted by atomic mass is 10.2. The number of ether oxygens (including phenoxy) is 2. The molecule has 18 heavy (non-hydrogen) atoms. The summed E-state index contributed by atoms with van der Waals surface area (Å²) in [6.07, 6.45) is 0.526. The van der Waals surface area contributed by atoms with Crippen molar-refractivity contribution in [1.82, 2.24) is 4.90 Å². The van der Waals surface area contributed by atoms with Crippen LogP contribution in [0.4, 0.5) is 4.79 Å². The lowest BCUT2D eigenvalue weighted by Crippen LogP contribution is -2.32. The van der Waals surface area contributed by atoms with Crippen molar-refractivity contribution in [2.24, 2.45) is 5.73 Å². The van der Waals surface area contributed by atoms with E-state index >= 15 is 0 Å². The summed E-state index contributed by atoms with van der Waals surface area (Å²) < 4.78 is 10.4. The maximum atomic E-state index is 11.8. The van der Waals surface area contributed by atoms with Gasteiger partial charge in [0.15, 0.2) is 0 Å². The van der Waals surface area contributed by atoms with E-state index in [4.69, 9.17) is 15.2 Å². The number of hydrogen-bond donors (Lipinski definition) is 1. The zero-order valence-electron chi connectivity index (χ0n) is 10.5. The third-order valence-electron chi connectivity index (χ3n) is 3.03. The van der Waals surface area contributed by atoms with Gasteiger partial charge < -0.3 is 20.1 Å². The molecule has 1 atom stereocenters. The summed E-state index contributed by atoms with van der Waals surface area (Å²) in [5, 5.41) is 0. The second-order valence-electron chi connectivity index (χ2n) is 4.36. The molecule has 1 aromatic carbocycles. The summed E-state index contributed by atoms with van der Waals surface area (Å²) in [4.78, 5) is 13.4. The van der Waals surface area contributed by atoms with E-state index in [9.17, 15) is 4.79 Å². The molecule has 2 N–H and O–H groups in total. The predicted octanol–water partition coefficient (Wildman–Crippen LogP) is 1.36. The average molecular weight is 250 g/mol. The smallest absolute Gasteiger partial charge is 0.410 e. The van der Waals surface area contributed by atoms with Crippen LogP contribution >= 0.6 is 0 Å². The number of nitrogens with two attached hydrogens (primary N) is 1. The van der Waals surface area contributed by atoms with Gasteiger partial charge in [0.1, 0.15) is 12.4 Å². The second kappa shape index (κ2) is 5.73. The number of carbonyl (C=O) groups is 1. The monoisotopic (exact) mass is 250 g/mol. The molecule has 2 rings (SSSR count). The third kappa shape index (κ3) is 2.92. The molecule has 0 saturated carbocycles. The molecule has 5 heteroatoms. The Kier molecular flexibility index (Phi) is 4.04.